The molecule has 0 aliphatic carbocycles. The van der Waals surface area contributed by atoms with Gasteiger partial charge >= 0.3 is 0 Å². The van der Waals surface area contributed by atoms with Gasteiger partial charge in [-0.25, -0.2) is 18.0 Å². The van der Waals surface area contributed by atoms with Crippen LogP contribution in [0.15, 0.2) is 45.9 Å². The summed E-state index contributed by atoms with van der Waals surface area (Å²) in [6, 6.07) is 10.3. The van der Waals surface area contributed by atoms with Gasteiger partial charge in [0.15, 0.2) is 10.6 Å². The maximum absolute atomic E-state index is 13.1. The number of nitrogens with zero attached hydrogens (tertiary/aromatic N) is 4. The summed E-state index contributed by atoms with van der Waals surface area (Å²) >= 11 is 1.37. The molecular formula is C20H19N5O5S2. The van der Waals surface area contributed by atoms with E-state index >= 15 is 0 Å². The summed E-state index contributed by atoms with van der Waals surface area (Å²) in [5.41, 5.74) is 1.37. The van der Waals surface area contributed by atoms with Crippen LogP contribution >= 0.6 is 11.3 Å². The van der Waals surface area contributed by atoms with Crippen molar-refractivity contribution in [3.05, 3.63) is 36.4 Å². The van der Waals surface area contributed by atoms with Gasteiger partial charge < -0.3 is 10.1 Å². The lowest BCUT2D eigenvalue weighted by Crippen LogP contribution is -2.41. The summed E-state index contributed by atoms with van der Waals surface area (Å²) in [5.74, 6) is 0.271. The fourth-order valence-corrected chi connectivity index (χ4v) is 6.28. The monoisotopic (exact) mass is 473 g/mol. The van der Waals surface area contributed by atoms with Crippen molar-refractivity contribution in [2.45, 2.75) is 17.7 Å². The molecule has 166 valence electrons. The predicted molar refractivity (Wildman–Crippen MR) is 118 cm³/mol. The number of aromatic nitrogens is 3. The van der Waals surface area contributed by atoms with E-state index in [0.717, 1.165) is 16.0 Å². The molecule has 3 heterocycles. The number of rotatable bonds is 5. The van der Waals surface area contributed by atoms with E-state index in [1.54, 1.807) is 19.2 Å². The average Bonchev–Trinajstić information content (AvgIpc) is 3.44. The summed E-state index contributed by atoms with van der Waals surface area (Å²) in [4.78, 5) is 17.3. The smallest absolute Gasteiger partial charge is 0.245 e. The van der Waals surface area contributed by atoms with Crippen LogP contribution in [0, 0.1) is 5.92 Å². The summed E-state index contributed by atoms with van der Waals surface area (Å²) in [6.45, 7) is 0.470. The standard InChI is InChI=1S/C20H19N5O5S2/c1-29-13-5-6-14-16(11-13)31-20(21-14)22-19(26)12-7-9-25(10-8-12)32(27,28)17-4-2-3-15-18(17)24-30-23-15/h2-6,11-12H,7-10H2,1H3,(H,21,22,26). The van der Waals surface area contributed by atoms with Gasteiger partial charge in [0.2, 0.25) is 15.9 Å². The van der Waals surface area contributed by atoms with Crippen LogP contribution in [0.4, 0.5) is 5.13 Å². The van der Waals surface area contributed by atoms with Crippen molar-refractivity contribution in [1.82, 2.24) is 19.6 Å². The third-order valence-electron chi connectivity index (χ3n) is 5.52. The van der Waals surface area contributed by atoms with E-state index in [9.17, 15) is 13.2 Å². The Kier molecular flexibility index (Phi) is 5.27. The van der Waals surface area contributed by atoms with Crippen molar-refractivity contribution in [1.29, 1.82) is 0 Å². The number of fused-ring (bicyclic) bond motifs is 2. The third kappa shape index (κ3) is 3.70. The van der Waals surface area contributed by atoms with E-state index in [2.05, 4.69) is 25.2 Å². The van der Waals surface area contributed by atoms with Crippen molar-refractivity contribution < 1.29 is 22.6 Å². The third-order valence-corrected chi connectivity index (χ3v) is 8.38. The molecule has 2 aromatic heterocycles. The molecule has 0 radical (unpaired) electrons. The summed E-state index contributed by atoms with van der Waals surface area (Å²) < 4.78 is 38.4. The molecule has 12 heteroatoms. The Labute approximate surface area is 187 Å². The fraction of sp³-hybridized carbons (Fsp3) is 0.300. The zero-order chi connectivity index (χ0) is 22.3. The number of carbonyl (C=O) groups is 1. The van der Waals surface area contributed by atoms with Crippen LogP contribution in [-0.2, 0) is 14.8 Å². The number of piperidine rings is 1. The second-order valence-electron chi connectivity index (χ2n) is 7.41. The Morgan fingerprint density at radius 1 is 1.19 bits per heavy atom. The van der Waals surface area contributed by atoms with Gasteiger partial charge in [0.05, 0.1) is 17.3 Å². The van der Waals surface area contributed by atoms with E-state index in [1.165, 1.54) is 21.7 Å². The molecule has 2 aromatic carbocycles. The molecule has 0 atom stereocenters. The van der Waals surface area contributed by atoms with Crippen molar-refractivity contribution in [2.75, 3.05) is 25.5 Å². The molecule has 0 unspecified atom stereocenters. The highest BCUT2D eigenvalue weighted by molar-refractivity contribution is 7.89. The number of hydrogen-bond donors (Lipinski definition) is 1. The van der Waals surface area contributed by atoms with Crippen LogP contribution in [-0.4, -0.2) is 54.1 Å². The fourth-order valence-electron chi connectivity index (χ4n) is 3.78. The maximum atomic E-state index is 13.1. The van der Waals surface area contributed by atoms with Gasteiger partial charge in [0.25, 0.3) is 0 Å². The molecule has 10 nitrogen and oxygen atoms in total. The van der Waals surface area contributed by atoms with Gasteiger partial charge in [-0.15, -0.1) is 0 Å². The van der Waals surface area contributed by atoms with Crippen LogP contribution in [0.3, 0.4) is 0 Å². The van der Waals surface area contributed by atoms with Gasteiger partial charge in [-0.2, -0.15) is 4.31 Å². The molecule has 0 saturated carbocycles. The molecule has 1 saturated heterocycles. The lowest BCUT2D eigenvalue weighted by Gasteiger charge is -2.30. The van der Waals surface area contributed by atoms with E-state index in [0.29, 0.717) is 23.5 Å². The Morgan fingerprint density at radius 2 is 2.00 bits per heavy atom. The first-order valence-corrected chi connectivity index (χ1v) is 12.2. The summed E-state index contributed by atoms with van der Waals surface area (Å²) in [6.07, 6.45) is 0.827. The number of thiazole rings is 1. The number of sulfonamides is 1. The van der Waals surface area contributed by atoms with Crippen molar-refractivity contribution >= 4 is 53.6 Å². The highest BCUT2D eigenvalue weighted by atomic mass is 32.2. The van der Waals surface area contributed by atoms with Crippen molar-refractivity contribution in [3.63, 3.8) is 0 Å². The van der Waals surface area contributed by atoms with Crippen LogP contribution < -0.4 is 10.1 Å². The maximum Gasteiger partial charge on any atom is 0.245 e. The molecule has 4 aromatic rings. The molecule has 1 N–H and O–H groups in total. The topological polar surface area (TPSA) is 128 Å². The number of anilines is 1. The minimum atomic E-state index is -3.77. The first-order chi connectivity index (χ1) is 15.5. The highest BCUT2D eigenvalue weighted by Gasteiger charge is 2.34. The lowest BCUT2D eigenvalue weighted by atomic mass is 9.97. The Hall–Kier alpha value is -3.09. The van der Waals surface area contributed by atoms with Gasteiger partial charge in [0.1, 0.15) is 16.2 Å². The molecule has 0 bridgehead atoms. The van der Waals surface area contributed by atoms with Crippen LogP contribution in [0.1, 0.15) is 12.8 Å². The molecule has 1 aliphatic heterocycles. The normalized spacial score (nSPS) is 15.9. The number of ether oxygens (including phenoxy) is 1. The first kappa shape index (κ1) is 20.8. The number of amides is 1. The van der Waals surface area contributed by atoms with Gasteiger partial charge in [0, 0.05) is 19.0 Å². The molecule has 1 fully saturated rings. The minimum absolute atomic E-state index is 0.0593. The number of benzene rings is 2. The molecule has 0 spiro atoms. The molecular weight excluding hydrogens is 454 g/mol. The highest BCUT2D eigenvalue weighted by Crippen LogP contribution is 2.31. The number of hydrogen-bond acceptors (Lipinski definition) is 9. The first-order valence-electron chi connectivity index (χ1n) is 9.92. The van der Waals surface area contributed by atoms with E-state index in [-0.39, 0.29) is 35.3 Å². The van der Waals surface area contributed by atoms with E-state index in [4.69, 9.17) is 4.74 Å². The number of carbonyl (C=O) groups excluding carboxylic acids is 1. The van der Waals surface area contributed by atoms with E-state index in [1.807, 2.05) is 18.2 Å². The quantitative estimate of drug-likeness (QED) is 0.469. The largest absolute Gasteiger partial charge is 0.497 e. The van der Waals surface area contributed by atoms with Crippen molar-refractivity contribution in [3.8, 4) is 5.75 Å². The minimum Gasteiger partial charge on any atom is -0.497 e. The molecule has 32 heavy (non-hydrogen) atoms. The molecule has 1 amide bonds. The molecule has 1 aliphatic rings. The Morgan fingerprint density at radius 3 is 2.78 bits per heavy atom. The van der Waals surface area contributed by atoms with Crippen LogP contribution in [0.5, 0.6) is 5.75 Å². The van der Waals surface area contributed by atoms with Gasteiger partial charge in [-0.05, 0) is 53.5 Å². The van der Waals surface area contributed by atoms with Gasteiger partial charge in [-0.3, -0.25) is 4.79 Å². The summed E-state index contributed by atoms with van der Waals surface area (Å²) in [7, 11) is -2.18. The van der Waals surface area contributed by atoms with Gasteiger partial charge in [-0.1, -0.05) is 17.4 Å². The zero-order valence-electron chi connectivity index (χ0n) is 17.0. The van der Waals surface area contributed by atoms with Crippen LogP contribution in [0.2, 0.25) is 0 Å². The second-order valence-corrected chi connectivity index (χ2v) is 10.3. The summed E-state index contributed by atoms with van der Waals surface area (Å²) in [5, 5.41) is 10.8. The number of nitrogens with one attached hydrogen (secondary N) is 1. The van der Waals surface area contributed by atoms with Crippen LogP contribution in [0.25, 0.3) is 21.3 Å². The van der Waals surface area contributed by atoms with Crippen molar-refractivity contribution in [2.24, 2.45) is 5.92 Å². The Balaban J connectivity index is 1.26. The van der Waals surface area contributed by atoms with E-state index < -0.39 is 10.0 Å². The predicted octanol–water partition coefficient (Wildman–Crippen LogP) is 2.88. The zero-order valence-corrected chi connectivity index (χ0v) is 18.6. The second kappa shape index (κ2) is 8.11. The SMILES string of the molecule is COc1ccc2nc(NC(=O)C3CCN(S(=O)(=O)c4cccc5nonc45)CC3)sc2c1. The lowest BCUT2D eigenvalue weighted by molar-refractivity contribution is -0.120. The number of methoxy groups -OCH3 is 1. The molecule has 5 rings (SSSR count). The average molecular weight is 474 g/mol. The Bertz CT molecular complexity index is 1410.